The SMILES string of the molecule is Cc1ccc(Cc2cc(F)c(N3C=C(O)NS3(=O)=O)c(OCc3ccccc3)c2)cc1. The van der Waals surface area contributed by atoms with Gasteiger partial charge < -0.3 is 9.84 Å². The highest BCUT2D eigenvalue weighted by atomic mass is 32.2. The van der Waals surface area contributed by atoms with Gasteiger partial charge in [0.1, 0.15) is 18.0 Å². The summed E-state index contributed by atoms with van der Waals surface area (Å²) in [5.41, 5.74) is 3.29. The summed E-state index contributed by atoms with van der Waals surface area (Å²) in [6, 6.07) is 20.1. The van der Waals surface area contributed by atoms with Crippen LogP contribution in [0, 0.1) is 12.7 Å². The van der Waals surface area contributed by atoms with E-state index in [2.05, 4.69) is 0 Å². The van der Waals surface area contributed by atoms with E-state index < -0.39 is 21.9 Å². The molecule has 0 fully saturated rings. The summed E-state index contributed by atoms with van der Waals surface area (Å²) >= 11 is 0. The molecule has 1 aliphatic heterocycles. The van der Waals surface area contributed by atoms with Gasteiger partial charge in [0, 0.05) is 0 Å². The predicted octanol–water partition coefficient (Wildman–Crippen LogP) is 4.32. The van der Waals surface area contributed by atoms with Gasteiger partial charge in [0.15, 0.2) is 5.82 Å². The first-order chi connectivity index (χ1) is 14.8. The molecule has 160 valence electrons. The van der Waals surface area contributed by atoms with Crippen LogP contribution in [0.1, 0.15) is 22.3 Å². The fraction of sp³-hybridized carbons (Fsp3) is 0.130. The minimum absolute atomic E-state index is 0.0577. The van der Waals surface area contributed by atoms with Crippen LogP contribution in [-0.2, 0) is 23.2 Å². The number of nitrogens with zero attached hydrogens (tertiary/aromatic N) is 1. The number of rotatable bonds is 6. The van der Waals surface area contributed by atoms with Crippen LogP contribution < -0.4 is 13.8 Å². The first-order valence-electron chi connectivity index (χ1n) is 9.59. The second-order valence-corrected chi connectivity index (χ2v) is 8.83. The standard InChI is InChI=1S/C23H21FN2O4S/c1-16-7-9-17(10-8-16)11-19-12-20(24)23(26-14-22(27)25-31(26,28)29)21(13-19)30-15-18-5-3-2-4-6-18/h2-10,12-14,25,27H,11,15H2,1H3. The van der Waals surface area contributed by atoms with E-state index >= 15 is 4.39 Å². The zero-order valence-corrected chi connectivity index (χ0v) is 17.6. The normalized spacial score (nSPS) is 14.8. The summed E-state index contributed by atoms with van der Waals surface area (Å²) in [5, 5.41) is 9.62. The molecule has 3 aromatic carbocycles. The maximum absolute atomic E-state index is 15.2. The molecule has 0 atom stereocenters. The van der Waals surface area contributed by atoms with Crippen molar-refractivity contribution in [3.05, 3.63) is 107 Å². The highest BCUT2D eigenvalue weighted by Gasteiger charge is 2.33. The zero-order chi connectivity index (χ0) is 22.0. The van der Waals surface area contributed by atoms with Crippen molar-refractivity contribution in [1.29, 1.82) is 0 Å². The number of aliphatic hydroxyl groups is 1. The van der Waals surface area contributed by atoms with Gasteiger partial charge in [0.2, 0.25) is 5.88 Å². The van der Waals surface area contributed by atoms with Crippen LogP contribution >= 0.6 is 0 Å². The van der Waals surface area contributed by atoms with Crippen LogP contribution in [0.3, 0.4) is 0 Å². The molecule has 4 rings (SSSR count). The number of ether oxygens (including phenoxy) is 1. The van der Waals surface area contributed by atoms with Gasteiger partial charge in [0.05, 0.1) is 6.20 Å². The molecule has 0 aliphatic carbocycles. The van der Waals surface area contributed by atoms with Gasteiger partial charge in [-0.15, -0.1) is 0 Å². The molecule has 31 heavy (non-hydrogen) atoms. The lowest BCUT2D eigenvalue weighted by Crippen LogP contribution is -2.30. The summed E-state index contributed by atoms with van der Waals surface area (Å²) in [6.07, 6.45) is 1.36. The average Bonchev–Trinajstić information content (AvgIpc) is 3.00. The first-order valence-corrected chi connectivity index (χ1v) is 11.0. The van der Waals surface area contributed by atoms with E-state index in [0.717, 1.165) is 22.9 Å². The molecule has 0 saturated carbocycles. The fourth-order valence-corrected chi connectivity index (χ4v) is 4.37. The molecule has 2 N–H and O–H groups in total. The van der Waals surface area contributed by atoms with E-state index in [9.17, 15) is 13.5 Å². The van der Waals surface area contributed by atoms with E-state index in [-0.39, 0.29) is 18.0 Å². The van der Waals surface area contributed by atoms with E-state index in [4.69, 9.17) is 4.74 Å². The number of anilines is 1. The van der Waals surface area contributed by atoms with Crippen molar-refractivity contribution in [3.63, 3.8) is 0 Å². The summed E-state index contributed by atoms with van der Waals surface area (Å²) < 4.78 is 48.3. The van der Waals surface area contributed by atoms with Crippen molar-refractivity contribution < 1.29 is 22.7 Å². The second kappa shape index (κ2) is 8.31. The van der Waals surface area contributed by atoms with E-state index in [1.807, 2.05) is 66.2 Å². The molecule has 0 amide bonds. The van der Waals surface area contributed by atoms with Crippen LogP contribution in [0.4, 0.5) is 10.1 Å². The minimum Gasteiger partial charge on any atom is -0.493 e. The zero-order valence-electron chi connectivity index (χ0n) is 16.7. The van der Waals surface area contributed by atoms with E-state index in [1.165, 1.54) is 6.07 Å². The number of benzene rings is 3. The summed E-state index contributed by atoms with van der Waals surface area (Å²) in [4.78, 5) is 0. The Morgan fingerprint density at radius 2 is 1.71 bits per heavy atom. The largest absolute Gasteiger partial charge is 0.493 e. The number of nitrogens with one attached hydrogen (secondary N) is 1. The molecule has 1 aliphatic rings. The molecule has 0 aromatic heterocycles. The number of hydrogen-bond acceptors (Lipinski definition) is 4. The third-order valence-electron chi connectivity index (χ3n) is 4.81. The van der Waals surface area contributed by atoms with Gasteiger partial charge >= 0.3 is 10.2 Å². The maximum atomic E-state index is 15.2. The Labute approximate surface area is 180 Å². The van der Waals surface area contributed by atoms with Crippen molar-refractivity contribution in [2.45, 2.75) is 20.0 Å². The molecule has 0 radical (unpaired) electrons. The Hall–Kier alpha value is -3.52. The summed E-state index contributed by atoms with van der Waals surface area (Å²) in [7, 11) is -4.17. The topological polar surface area (TPSA) is 78.9 Å². The van der Waals surface area contributed by atoms with Gasteiger partial charge in [-0.1, -0.05) is 60.2 Å². The summed E-state index contributed by atoms with van der Waals surface area (Å²) in [5.74, 6) is -1.32. The van der Waals surface area contributed by atoms with Crippen molar-refractivity contribution in [3.8, 4) is 5.75 Å². The lowest BCUT2D eigenvalue weighted by atomic mass is 10.0. The molecule has 0 spiro atoms. The molecule has 0 unspecified atom stereocenters. The molecule has 6 nitrogen and oxygen atoms in total. The maximum Gasteiger partial charge on any atom is 0.330 e. The Balaban J connectivity index is 1.73. The van der Waals surface area contributed by atoms with Crippen LogP contribution in [0.2, 0.25) is 0 Å². The van der Waals surface area contributed by atoms with E-state index in [0.29, 0.717) is 16.3 Å². The Kier molecular flexibility index (Phi) is 5.56. The average molecular weight is 440 g/mol. The highest BCUT2D eigenvalue weighted by Crippen LogP contribution is 2.37. The molecule has 0 bridgehead atoms. The number of aryl methyl sites for hydroxylation is 1. The number of halogens is 1. The third-order valence-corrected chi connectivity index (χ3v) is 6.08. The van der Waals surface area contributed by atoms with Gasteiger partial charge in [-0.3, -0.25) is 0 Å². The third kappa shape index (κ3) is 4.64. The second-order valence-electron chi connectivity index (χ2n) is 7.28. The molecule has 8 heteroatoms. The molecule has 0 saturated heterocycles. The quantitative estimate of drug-likeness (QED) is 0.599. The van der Waals surface area contributed by atoms with Crippen LogP contribution in [-0.4, -0.2) is 13.5 Å². The van der Waals surface area contributed by atoms with Gasteiger partial charge in [-0.05, 0) is 42.2 Å². The van der Waals surface area contributed by atoms with Crippen LogP contribution in [0.15, 0.2) is 78.8 Å². The predicted molar refractivity (Wildman–Crippen MR) is 116 cm³/mol. The Bertz CT molecular complexity index is 1230. The van der Waals surface area contributed by atoms with Gasteiger partial charge in [-0.25, -0.2) is 13.4 Å². The van der Waals surface area contributed by atoms with Crippen molar-refractivity contribution >= 4 is 15.9 Å². The van der Waals surface area contributed by atoms with E-state index in [1.54, 1.807) is 6.07 Å². The Morgan fingerprint density at radius 3 is 2.35 bits per heavy atom. The lowest BCUT2D eigenvalue weighted by molar-refractivity contribution is 0.305. The molecular formula is C23H21FN2O4S. The van der Waals surface area contributed by atoms with Gasteiger partial charge in [0.25, 0.3) is 0 Å². The Morgan fingerprint density at radius 1 is 1.00 bits per heavy atom. The number of aliphatic hydroxyl groups excluding tert-OH is 1. The molecule has 1 heterocycles. The smallest absolute Gasteiger partial charge is 0.330 e. The number of hydrogen-bond donors (Lipinski definition) is 2. The molecule has 3 aromatic rings. The van der Waals surface area contributed by atoms with Gasteiger partial charge in [-0.2, -0.15) is 8.42 Å². The minimum atomic E-state index is -4.17. The fourth-order valence-electron chi connectivity index (χ4n) is 3.30. The summed E-state index contributed by atoms with van der Waals surface area (Å²) in [6.45, 7) is 2.11. The van der Waals surface area contributed by atoms with Crippen LogP contribution in [0.25, 0.3) is 0 Å². The van der Waals surface area contributed by atoms with Crippen molar-refractivity contribution in [2.75, 3.05) is 4.31 Å². The van der Waals surface area contributed by atoms with Crippen molar-refractivity contribution in [1.82, 2.24) is 4.72 Å². The first kappa shape index (κ1) is 20.7. The van der Waals surface area contributed by atoms with Crippen LogP contribution in [0.5, 0.6) is 5.75 Å². The highest BCUT2D eigenvalue weighted by molar-refractivity contribution is 7.91. The monoisotopic (exact) mass is 440 g/mol. The lowest BCUT2D eigenvalue weighted by Gasteiger charge is -2.20. The van der Waals surface area contributed by atoms with Crippen molar-refractivity contribution in [2.24, 2.45) is 0 Å². The molecular weight excluding hydrogens is 419 g/mol.